The number of carbonyl (C=O) groups excluding carboxylic acids is 1. The molecule has 1 aliphatic heterocycles. The number of nitrogens with zero attached hydrogens (tertiary/aromatic N) is 1. The molecule has 1 aliphatic rings. The van der Waals surface area contributed by atoms with E-state index < -0.39 is 0 Å². The van der Waals surface area contributed by atoms with Gasteiger partial charge in [0.25, 0.3) is 5.87 Å². The summed E-state index contributed by atoms with van der Waals surface area (Å²) in [6.45, 7) is 1.58. The lowest BCUT2D eigenvalue weighted by Crippen LogP contribution is -2.41. The molecule has 0 atom stereocenters. The molecule has 1 heterocycles. The van der Waals surface area contributed by atoms with Crippen LogP contribution in [0.3, 0.4) is 0 Å². The van der Waals surface area contributed by atoms with Gasteiger partial charge in [0.1, 0.15) is 0 Å². The van der Waals surface area contributed by atoms with Gasteiger partial charge in [0.2, 0.25) is 0 Å². The Balaban J connectivity index is 2.21. The number of hydrogen-bond acceptors (Lipinski definition) is 4. The van der Waals surface area contributed by atoms with E-state index >= 15 is 0 Å². The van der Waals surface area contributed by atoms with Crippen molar-refractivity contribution >= 4 is 13.3 Å². The number of methoxy groups -OCH3 is 1. The Morgan fingerprint density at radius 1 is 1.58 bits per heavy atom. The van der Waals surface area contributed by atoms with Crippen molar-refractivity contribution in [3.05, 3.63) is 0 Å². The molecule has 0 unspecified atom stereocenters. The van der Waals surface area contributed by atoms with Crippen LogP contribution in [0, 0.1) is 0 Å². The number of hydrogen-bond donors (Lipinski definition) is 1. The van der Waals surface area contributed by atoms with Crippen LogP contribution < -0.4 is 0 Å². The van der Waals surface area contributed by atoms with Gasteiger partial charge in [0.15, 0.2) is 0 Å². The van der Waals surface area contributed by atoms with Crippen LogP contribution in [0.4, 0.5) is 4.79 Å². The minimum Gasteiger partial charge on any atom is -0.476 e. The molecule has 5 heteroatoms. The Hall–Kier alpha value is -0.545. The molecular weight excluding hydrogens is 157 g/mol. The van der Waals surface area contributed by atoms with Crippen LogP contribution in [0.15, 0.2) is 0 Å². The quantitative estimate of drug-likeness (QED) is 0.572. The van der Waals surface area contributed by atoms with E-state index in [0.29, 0.717) is 7.41 Å². The van der Waals surface area contributed by atoms with Gasteiger partial charge in [-0.25, -0.2) is 0 Å². The second kappa shape index (κ2) is 4.47. The Labute approximate surface area is 72.8 Å². The molecule has 12 heavy (non-hydrogen) atoms. The summed E-state index contributed by atoms with van der Waals surface area (Å²) in [5, 5.41) is 9.18. The van der Waals surface area contributed by atoms with Gasteiger partial charge in [-0.05, 0) is 25.9 Å². The summed E-state index contributed by atoms with van der Waals surface area (Å²) in [7, 11) is 1.74. The van der Waals surface area contributed by atoms with E-state index in [1.165, 1.54) is 7.11 Å². The lowest BCUT2D eigenvalue weighted by Gasteiger charge is -2.27. The average Bonchev–Trinajstić information content (AvgIpc) is 2.09. The number of carbonyl (C=O) groups is 1. The molecular formula is C7H14BNO3. The molecule has 0 bridgehead atoms. The molecule has 4 nitrogen and oxygen atoms in total. The van der Waals surface area contributed by atoms with E-state index in [-0.39, 0.29) is 12.0 Å². The fourth-order valence-corrected chi connectivity index (χ4v) is 1.32. The van der Waals surface area contributed by atoms with Gasteiger partial charge >= 0.3 is 7.41 Å². The second-order valence-corrected chi connectivity index (χ2v) is 3.08. The van der Waals surface area contributed by atoms with Gasteiger partial charge in [-0.2, -0.15) is 0 Å². The van der Waals surface area contributed by atoms with Crippen molar-refractivity contribution in [2.45, 2.75) is 18.9 Å². The molecule has 0 aliphatic carbocycles. The van der Waals surface area contributed by atoms with E-state index in [0.717, 1.165) is 25.9 Å². The monoisotopic (exact) mass is 171 g/mol. The lowest BCUT2D eigenvalue weighted by atomic mass is 9.88. The van der Waals surface area contributed by atoms with Crippen LogP contribution >= 0.6 is 0 Å². The van der Waals surface area contributed by atoms with E-state index in [1.54, 1.807) is 0 Å². The zero-order valence-corrected chi connectivity index (χ0v) is 7.32. The first-order chi connectivity index (χ1) is 5.72. The fourth-order valence-electron chi connectivity index (χ4n) is 1.32. The second-order valence-electron chi connectivity index (χ2n) is 3.08. The van der Waals surface area contributed by atoms with Crippen molar-refractivity contribution in [2.24, 2.45) is 0 Å². The number of aliphatic hydroxyl groups excluding tert-OH is 1. The molecule has 0 amide bonds. The molecule has 68 valence electrons. The van der Waals surface area contributed by atoms with Crippen LogP contribution in [0.5, 0.6) is 0 Å². The number of rotatable bonds is 2. The van der Waals surface area contributed by atoms with Crippen molar-refractivity contribution in [3.63, 3.8) is 0 Å². The molecule has 1 saturated heterocycles. The van der Waals surface area contributed by atoms with Gasteiger partial charge in [-0.3, -0.25) is 4.79 Å². The van der Waals surface area contributed by atoms with Crippen LogP contribution in [0.2, 0.25) is 0 Å². The molecule has 0 aromatic rings. The first kappa shape index (κ1) is 9.54. The normalized spacial score (nSPS) is 20.5. The topological polar surface area (TPSA) is 49.8 Å². The Morgan fingerprint density at radius 3 is 2.67 bits per heavy atom. The van der Waals surface area contributed by atoms with Crippen molar-refractivity contribution < 1.29 is 14.6 Å². The predicted molar refractivity (Wildman–Crippen MR) is 46.4 cm³/mol. The molecule has 1 N–H and O–H groups in total. The summed E-state index contributed by atoms with van der Waals surface area (Å²) >= 11 is 0. The van der Waals surface area contributed by atoms with Gasteiger partial charge < -0.3 is 14.7 Å². The first-order valence-corrected chi connectivity index (χ1v) is 4.19. The third-order valence-corrected chi connectivity index (χ3v) is 2.14. The summed E-state index contributed by atoms with van der Waals surface area (Å²) in [4.78, 5) is 12.8. The highest BCUT2D eigenvalue weighted by atomic mass is 16.5. The molecule has 0 saturated carbocycles. The largest absolute Gasteiger partial charge is 0.476 e. The molecule has 0 aromatic heterocycles. The van der Waals surface area contributed by atoms with E-state index in [9.17, 15) is 9.90 Å². The van der Waals surface area contributed by atoms with E-state index in [2.05, 4.69) is 4.74 Å². The van der Waals surface area contributed by atoms with E-state index in [1.807, 2.05) is 4.81 Å². The van der Waals surface area contributed by atoms with Crippen LogP contribution in [0.1, 0.15) is 12.8 Å². The highest BCUT2D eigenvalue weighted by Crippen LogP contribution is 2.08. The van der Waals surface area contributed by atoms with Crippen molar-refractivity contribution in [1.82, 2.24) is 4.81 Å². The number of aliphatic hydroxyl groups is 1. The summed E-state index contributed by atoms with van der Waals surface area (Å²) in [5.74, 6) is -0.202. The van der Waals surface area contributed by atoms with Gasteiger partial charge in [-0.1, -0.05) is 0 Å². The third kappa shape index (κ3) is 2.83. The summed E-state index contributed by atoms with van der Waals surface area (Å²) in [6.07, 6.45) is 1.34. The van der Waals surface area contributed by atoms with Gasteiger partial charge in [-0.15, -0.1) is 0 Å². The highest BCUT2D eigenvalue weighted by molar-refractivity contribution is 6.69. The standard InChI is InChI=1S/C7H14BNO3/c1-12-7(11)8-9-4-2-6(10)3-5-9/h6,8,10H,2-5H2,1H3. The smallest absolute Gasteiger partial charge is 0.341 e. The zero-order valence-electron chi connectivity index (χ0n) is 7.32. The van der Waals surface area contributed by atoms with E-state index in [4.69, 9.17) is 0 Å². The maximum atomic E-state index is 10.8. The molecule has 1 fully saturated rings. The fraction of sp³-hybridized carbons (Fsp3) is 0.857. The molecule has 0 spiro atoms. The minimum atomic E-state index is -0.202. The third-order valence-electron chi connectivity index (χ3n) is 2.14. The van der Waals surface area contributed by atoms with Gasteiger partial charge in [0, 0.05) is 0 Å². The Morgan fingerprint density at radius 2 is 2.17 bits per heavy atom. The highest BCUT2D eigenvalue weighted by Gasteiger charge is 2.20. The maximum absolute atomic E-state index is 10.8. The summed E-state index contributed by atoms with van der Waals surface area (Å²) in [5.41, 5.74) is 0. The Bertz CT molecular complexity index is 157. The SMILES string of the molecule is COC(=O)BN1CCC(O)CC1. The number of ether oxygens (including phenoxy) is 1. The summed E-state index contributed by atoms with van der Waals surface area (Å²) in [6, 6.07) is 0. The minimum absolute atomic E-state index is 0.182. The van der Waals surface area contributed by atoms with Crippen LogP contribution in [0.25, 0.3) is 0 Å². The lowest BCUT2D eigenvalue weighted by molar-refractivity contribution is 0.111. The van der Waals surface area contributed by atoms with Gasteiger partial charge in [0.05, 0.1) is 13.2 Å². The predicted octanol–water partition coefficient (Wildman–Crippen LogP) is -0.439. The van der Waals surface area contributed by atoms with Crippen LogP contribution in [-0.2, 0) is 4.74 Å². The van der Waals surface area contributed by atoms with Crippen molar-refractivity contribution in [3.8, 4) is 0 Å². The zero-order chi connectivity index (χ0) is 8.97. The van der Waals surface area contributed by atoms with Crippen molar-refractivity contribution in [1.29, 1.82) is 0 Å². The maximum Gasteiger partial charge on any atom is 0.341 e. The average molecular weight is 171 g/mol. The summed E-state index contributed by atoms with van der Waals surface area (Å²) < 4.78 is 4.54. The van der Waals surface area contributed by atoms with Crippen LogP contribution in [-0.4, -0.2) is 49.5 Å². The molecule has 0 radical (unpaired) electrons. The van der Waals surface area contributed by atoms with Crippen molar-refractivity contribution in [2.75, 3.05) is 20.2 Å². The molecule has 1 rings (SSSR count). The molecule has 0 aromatic carbocycles. The first-order valence-electron chi connectivity index (χ1n) is 4.19. The number of piperidine rings is 1. The Kier molecular flexibility index (Phi) is 3.56.